The first-order valence-electron chi connectivity index (χ1n) is 8.76. The lowest BCUT2D eigenvalue weighted by molar-refractivity contribution is 0.0317. The van der Waals surface area contributed by atoms with Crippen molar-refractivity contribution in [2.24, 2.45) is 0 Å². The maximum Gasteiger partial charge on any atom is 0.243 e. The molecule has 0 unspecified atom stereocenters. The van der Waals surface area contributed by atoms with E-state index in [2.05, 4.69) is 9.80 Å². The minimum atomic E-state index is -3.42. The number of piperazine rings is 1. The van der Waals surface area contributed by atoms with Crippen LogP contribution in [0.3, 0.4) is 0 Å². The number of sulfonamides is 1. The predicted octanol–water partition coefficient (Wildman–Crippen LogP) is 0.334. The fourth-order valence-electron chi connectivity index (χ4n) is 3.20. The summed E-state index contributed by atoms with van der Waals surface area (Å²) in [5.74, 6) is 0.659. The Morgan fingerprint density at radius 1 is 0.920 bits per heavy atom. The molecule has 8 heteroatoms. The summed E-state index contributed by atoms with van der Waals surface area (Å²) < 4.78 is 37.5. The Labute approximate surface area is 150 Å². The fraction of sp³-hybridized carbons (Fsp3) is 0.647. The largest absolute Gasteiger partial charge is 0.497 e. The van der Waals surface area contributed by atoms with Gasteiger partial charge in [-0.15, -0.1) is 0 Å². The number of methoxy groups -OCH3 is 1. The lowest BCUT2D eigenvalue weighted by Gasteiger charge is -2.35. The maximum atomic E-state index is 12.7. The van der Waals surface area contributed by atoms with Crippen molar-refractivity contribution in [1.82, 2.24) is 14.1 Å². The first-order chi connectivity index (χ1) is 12.1. The van der Waals surface area contributed by atoms with Crippen LogP contribution >= 0.6 is 0 Å². The van der Waals surface area contributed by atoms with E-state index in [9.17, 15) is 8.42 Å². The monoisotopic (exact) mass is 369 g/mol. The molecular formula is C17H27N3O4S. The molecule has 0 radical (unpaired) electrons. The van der Waals surface area contributed by atoms with Crippen LogP contribution in [0.25, 0.3) is 0 Å². The van der Waals surface area contributed by atoms with Gasteiger partial charge in [0.15, 0.2) is 0 Å². The van der Waals surface area contributed by atoms with Crippen LogP contribution in [0.1, 0.15) is 0 Å². The van der Waals surface area contributed by atoms with Gasteiger partial charge in [-0.25, -0.2) is 8.42 Å². The van der Waals surface area contributed by atoms with Gasteiger partial charge in [-0.05, 0) is 24.3 Å². The quantitative estimate of drug-likeness (QED) is 0.720. The summed E-state index contributed by atoms with van der Waals surface area (Å²) in [6.45, 7) is 8.25. The molecule has 0 saturated carbocycles. The molecule has 0 bridgehead atoms. The van der Waals surface area contributed by atoms with Crippen LogP contribution in [-0.2, 0) is 14.8 Å². The Hall–Kier alpha value is -1.19. The molecule has 25 heavy (non-hydrogen) atoms. The van der Waals surface area contributed by atoms with Gasteiger partial charge in [-0.1, -0.05) is 0 Å². The van der Waals surface area contributed by atoms with Crippen molar-refractivity contribution in [3.63, 3.8) is 0 Å². The van der Waals surface area contributed by atoms with Gasteiger partial charge >= 0.3 is 0 Å². The van der Waals surface area contributed by atoms with Gasteiger partial charge in [0, 0.05) is 52.4 Å². The maximum absolute atomic E-state index is 12.7. The smallest absolute Gasteiger partial charge is 0.243 e. The summed E-state index contributed by atoms with van der Waals surface area (Å²) in [6.07, 6.45) is 0. The second-order valence-corrected chi connectivity index (χ2v) is 8.31. The van der Waals surface area contributed by atoms with E-state index in [4.69, 9.17) is 9.47 Å². The third-order valence-corrected chi connectivity index (χ3v) is 6.78. The number of nitrogens with zero attached hydrogens (tertiary/aromatic N) is 3. The van der Waals surface area contributed by atoms with Crippen molar-refractivity contribution in [3.8, 4) is 5.75 Å². The Balaban J connectivity index is 1.50. The number of hydrogen-bond donors (Lipinski definition) is 0. The van der Waals surface area contributed by atoms with Crippen molar-refractivity contribution in [1.29, 1.82) is 0 Å². The van der Waals surface area contributed by atoms with E-state index < -0.39 is 10.0 Å². The zero-order valence-electron chi connectivity index (χ0n) is 14.8. The average molecular weight is 369 g/mol. The van der Waals surface area contributed by atoms with Crippen LogP contribution in [0, 0.1) is 0 Å². The molecule has 1 aromatic carbocycles. The Bertz CT molecular complexity index is 636. The van der Waals surface area contributed by atoms with Crippen LogP contribution in [0.2, 0.25) is 0 Å². The van der Waals surface area contributed by atoms with Crippen molar-refractivity contribution in [2.45, 2.75) is 4.90 Å². The summed E-state index contributed by atoms with van der Waals surface area (Å²) in [5.41, 5.74) is 0. The topological polar surface area (TPSA) is 62.3 Å². The second kappa shape index (κ2) is 8.46. The molecule has 7 nitrogen and oxygen atoms in total. The first-order valence-corrected chi connectivity index (χ1v) is 10.2. The van der Waals surface area contributed by atoms with E-state index in [0.717, 1.165) is 52.5 Å². The van der Waals surface area contributed by atoms with Gasteiger partial charge in [-0.2, -0.15) is 4.31 Å². The highest BCUT2D eigenvalue weighted by atomic mass is 32.2. The molecular weight excluding hydrogens is 342 g/mol. The zero-order chi connectivity index (χ0) is 17.7. The van der Waals surface area contributed by atoms with Gasteiger partial charge in [0.25, 0.3) is 0 Å². The van der Waals surface area contributed by atoms with Gasteiger partial charge in [0.1, 0.15) is 5.75 Å². The summed E-state index contributed by atoms with van der Waals surface area (Å²) in [5, 5.41) is 0. The van der Waals surface area contributed by atoms with Crippen molar-refractivity contribution in [3.05, 3.63) is 24.3 Å². The van der Waals surface area contributed by atoms with E-state index in [1.165, 1.54) is 0 Å². The van der Waals surface area contributed by atoms with E-state index in [1.807, 2.05) is 0 Å². The highest BCUT2D eigenvalue weighted by Gasteiger charge is 2.28. The minimum absolute atomic E-state index is 0.329. The number of hydrogen-bond acceptors (Lipinski definition) is 6. The van der Waals surface area contributed by atoms with Crippen LogP contribution in [0.15, 0.2) is 29.2 Å². The summed E-state index contributed by atoms with van der Waals surface area (Å²) in [4.78, 5) is 5.08. The molecule has 2 heterocycles. The van der Waals surface area contributed by atoms with Crippen LogP contribution in [0.4, 0.5) is 0 Å². The molecule has 0 aliphatic carbocycles. The SMILES string of the molecule is COc1ccc(S(=O)(=O)N2CCN(CCN3CCOCC3)CC2)cc1. The number of benzene rings is 1. The molecule has 1 aromatic rings. The van der Waals surface area contributed by atoms with Gasteiger partial charge in [0.05, 0.1) is 25.2 Å². The molecule has 0 atom stereocenters. The fourth-order valence-corrected chi connectivity index (χ4v) is 4.62. The van der Waals surface area contributed by atoms with E-state index in [1.54, 1.807) is 35.7 Å². The molecule has 0 amide bonds. The third-order valence-electron chi connectivity index (χ3n) is 4.86. The van der Waals surface area contributed by atoms with Gasteiger partial charge in [-0.3, -0.25) is 9.80 Å². The molecule has 2 aliphatic rings. The average Bonchev–Trinajstić information content (AvgIpc) is 2.67. The molecule has 3 rings (SSSR count). The lowest BCUT2D eigenvalue weighted by atomic mass is 10.3. The standard InChI is InChI=1S/C17H27N3O4S/c1-23-16-2-4-17(5-3-16)25(21,22)20-10-8-18(9-11-20)6-7-19-12-14-24-15-13-19/h2-5H,6-15H2,1H3. The Kier molecular flexibility index (Phi) is 6.29. The predicted molar refractivity (Wildman–Crippen MR) is 95.5 cm³/mol. The molecule has 2 fully saturated rings. The lowest BCUT2D eigenvalue weighted by Crippen LogP contribution is -2.50. The van der Waals surface area contributed by atoms with E-state index in [-0.39, 0.29) is 0 Å². The summed E-state index contributed by atoms with van der Waals surface area (Å²) in [7, 11) is -1.85. The Morgan fingerprint density at radius 2 is 1.48 bits per heavy atom. The van der Waals surface area contributed by atoms with E-state index in [0.29, 0.717) is 23.7 Å². The van der Waals surface area contributed by atoms with E-state index >= 15 is 0 Å². The summed E-state index contributed by atoms with van der Waals surface area (Å²) >= 11 is 0. The number of rotatable bonds is 6. The van der Waals surface area contributed by atoms with Crippen LogP contribution in [0.5, 0.6) is 5.75 Å². The molecule has 0 spiro atoms. The molecule has 0 aromatic heterocycles. The zero-order valence-corrected chi connectivity index (χ0v) is 15.6. The molecule has 0 N–H and O–H groups in total. The molecule has 140 valence electrons. The Morgan fingerprint density at radius 3 is 2.04 bits per heavy atom. The highest BCUT2D eigenvalue weighted by molar-refractivity contribution is 7.89. The van der Waals surface area contributed by atoms with Crippen molar-refractivity contribution >= 4 is 10.0 Å². The van der Waals surface area contributed by atoms with Crippen LogP contribution in [-0.4, -0.2) is 95.2 Å². The molecule has 2 aliphatic heterocycles. The second-order valence-electron chi connectivity index (χ2n) is 6.38. The molecule has 2 saturated heterocycles. The summed E-state index contributed by atoms with van der Waals surface area (Å²) in [6, 6.07) is 6.59. The minimum Gasteiger partial charge on any atom is -0.497 e. The van der Waals surface area contributed by atoms with Crippen molar-refractivity contribution in [2.75, 3.05) is 72.7 Å². The van der Waals surface area contributed by atoms with Crippen LogP contribution < -0.4 is 4.74 Å². The normalized spacial score (nSPS) is 21.3. The highest BCUT2D eigenvalue weighted by Crippen LogP contribution is 2.20. The first kappa shape index (κ1) is 18.6. The third kappa shape index (κ3) is 4.71. The van der Waals surface area contributed by atoms with Gasteiger partial charge < -0.3 is 9.47 Å². The number of morpholine rings is 1. The number of ether oxygens (including phenoxy) is 2. The van der Waals surface area contributed by atoms with Gasteiger partial charge in [0.2, 0.25) is 10.0 Å². The van der Waals surface area contributed by atoms with Crippen molar-refractivity contribution < 1.29 is 17.9 Å².